The molecule has 0 radical (unpaired) electrons. The van der Waals surface area contributed by atoms with Gasteiger partial charge >= 0.3 is 0 Å². The van der Waals surface area contributed by atoms with E-state index >= 15 is 0 Å². The van der Waals surface area contributed by atoms with Crippen molar-refractivity contribution >= 4 is 17.8 Å². The minimum Gasteiger partial charge on any atom is -0.489 e. The van der Waals surface area contributed by atoms with Crippen molar-refractivity contribution in [3.63, 3.8) is 0 Å². The molecule has 2 heterocycles. The van der Waals surface area contributed by atoms with Gasteiger partial charge in [0, 0.05) is 37.3 Å². The maximum absolute atomic E-state index is 9.88. The summed E-state index contributed by atoms with van der Waals surface area (Å²) in [5, 5.41) is 10.4. The highest BCUT2D eigenvalue weighted by Crippen LogP contribution is 2.35. The van der Waals surface area contributed by atoms with Crippen LogP contribution in [0.3, 0.4) is 0 Å². The number of halogens is 1. The summed E-state index contributed by atoms with van der Waals surface area (Å²) in [4.78, 5) is 6.48. The van der Waals surface area contributed by atoms with Crippen LogP contribution >= 0.6 is 11.6 Å². The van der Waals surface area contributed by atoms with Gasteiger partial charge in [0.15, 0.2) is 6.23 Å². The molecule has 1 saturated heterocycles. The lowest BCUT2D eigenvalue weighted by atomic mass is 10.0. The number of aliphatic hydroxyl groups excluding tert-OH is 1. The van der Waals surface area contributed by atoms with Crippen molar-refractivity contribution < 1.29 is 9.84 Å². The summed E-state index contributed by atoms with van der Waals surface area (Å²) >= 11 is 6.33. The van der Waals surface area contributed by atoms with E-state index in [9.17, 15) is 5.11 Å². The molecular formula is C17H23ClN2O2. The van der Waals surface area contributed by atoms with E-state index in [1.165, 1.54) is 0 Å². The molecule has 2 aliphatic heterocycles. The molecule has 4 nitrogen and oxygen atoms in total. The first-order valence-electron chi connectivity index (χ1n) is 7.97. The van der Waals surface area contributed by atoms with E-state index in [0.717, 1.165) is 42.8 Å². The number of aliphatic hydroxyl groups is 1. The van der Waals surface area contributed by atoms with Gasteiger partial charge in [-0.05, 0) is 44.4 Å². The zero-order chi connectivity index (χ0) is 15.7. The molecule has 0 aromatic heterocycles. The van der Waals surface area contributed by atoms with Crippen LogP contribution in [0.5, 0.6) is 5.75 Å². The van der Waals surface area contributed by atoms with Gasteiger partial charge in [-0.3, -0.25) is 4.99 Å². The number of piperidine rings is 1. The number of likely N-dealkylation sites (tertiary alicyclic amines) is 1. The Labute approximate surface area is 136 Å². The van der Waals surface area contributed by atoms with Crippen molar-refractivity contribution in [2.24, 2.45) is 4.99 Å². The van der Waals surface area contributed by atoms with Crippen LogP contribution < -0.4 is 4.74 Å². The van der Waals surface area contributed by atoms with Crippen LogP contribution in [0.25, 0.3) is 0 Å². The number of benzene rings is 1. The van der Waals surface area contributed by atoms with Gasteiger partial charge in [0.25, 0.3) is 0 Å². The van der Waals surface area contributed by atoms with Crippen LogP contribution in [0.1, 0.15) is 44.0 Å². The summed E-state index contributed by atoms with van der Waals surface area (Å²) in [5.74, 6) is 0.728. The minimum absolute atomic E-state index is 0.215. The smallest absolute Gasteiger partial charge is 0.171 e. The first kappa shape index (κ1) is 15.8. The number of hydrogen-bond acceptors (Lipinski definition) is 4. The topological polar surface area (TPSA) is 45.1 Å². The SMILES string of the molecule is CC(C)N1CCC(Oc2cc3c(cc2Cl)C(O)N=CC3)CC1. The van der Waals surface area contributed by atoms with E-state index in [-0.39, 0.29) is 6.10 Å². The Bertz CT molecular complexity index is 566. The predicted molar refractivity (Wildman–Crippen MR) is 89.0 cm³/mol. The summed E-state index contributed by atoms with van der Waals surface area (Å²) in [6.07, 6.45) is 3.92. The first-order chi connectivity index (χ1) is 10.5. The van der Waals surface area contributed by atoms with Crippen LogP contribution in [0.4, 0.5) is 0 Å². The van der Waals surface area contributed by atoms with Crippen molar-refractivity contribution in [2.45, 2.75) is 51.5 Å². The molecule has 22 heavy (non-hydrogen) atoms. The minimum atomic E-state index is -0.801. The summed E-state index contributed by atoms with van der Waals surface area (Å²) in [5.41, 5.74) is 1.83. The van der Waals surface area contributed by atoms with Crippen LogP contribution in [-0.2, 0) is 6.42 Å². The molecule has 5 heteroatoms. The van der Waals surface area contributed by atoms with E-state index in [1.807, 2.05) is 6.07 Å². The maximum atomic E-state index is 9.88. The Morgan fingerprint density at radius 2 is 2.05 bits per heavy atom. The molecule has 1 aromatic carbocycles. The van der Waals surface area contributed by atoms with Crippen LogP contribution in [0, 0.1) is 0 Å². The average Bonchev–Trinajstić information content (AvgIpc) is 2.50. The molecule has 3 rings (SSSR count). The van der Waals surface area contributed by atoms with Crippen molar-refractivity contribution in [2.75, 3.05) is 13.1 Å². The van der Waals surface area contributed by atoms with Crippen molar-refractivity contribution in [3.8, 4) is 5.75 Å². The fourth-order valence-electron chi connectivity index (χ4n) is 3.14. The maximum Gasteiger partial charge on any atom is 0.171 e. The number of rotatable bonds is 3. The second-order valence-electron chi connectivity index (χ2n) is 6.34. The Balaban J connectivity index is 1.69. The lowest BCUT2D eigenvalue weighted by Gasteiger charge is -2.34. The highest BCUT2D eigenvalue weighted by molar-refractivity contribution is 6.32. The highest BCUT2D eigenvalue weighted by atomic mass is 35.5. The molecule has 0 spiro atoms. The van der Waals surface area contributed by atoms with E-state index in [1.54, 1.807) is 12.3 Å². The van der Waals surface area contributed by atoms with E-state index in [4.69, 9.17) is 16.3 Å². The van der Waals surface area contributed by atoms with Gasteiger partial charge < -0.3 is 14.7 Å². The Kier molecular flexibility index (Phi) is 4.71. The average molecular weight is 323 g/mol. The number of aliphatic imine (C=N–C) groups is 1. The molecule has 1 fully saturated rings. The molecule has 0 saturated carbocycles. The normalized spacial score (nSPS) is 22.9. The van der Waals surface area contributed by atoms with Crippen LogP contribution in [0.15, 0.2) is 17.1 Å². The Morgan fingerprint density at radius 3 is 2.73 bits per heavy atom. The molecule has 0 amide bonds. The fourth-order valence-corrected chi connectivity index (χ4v) is 3.36. The summed E-state index contributed by atoms with van der Waals surface area (Å²) in [6, 6.07) is 4.34. The zero-order valence-electron chi connectivity index (χ0n) is 13.1. The molecular weight excluding hydrogens is 300 g/mol. The van der Waals surface area contributed by atoms with Crippen LogP contribution in [-0.4, -0.2) is 41.5 Å². The third-order valence-electron chi connectivity index (χ3n) is 4.53. The predicted octanol–water partition coefficient (Wildman–Crippen LogP) is 3.21. The molecule has 120 valence electrons. The number of fused-ring (bicyclic) bond motifs is 1. The van der Waals surface area contributed by atoms with Gasteiger partial charge in [-0.15, -0.1) is 0 Å². The number of nitrogens with zero attached hydrogens (tertiary/aromatic N) is 2. The third kappa shape index (κ3) is 3.29. The molecule has 2 aliphatic rings. The van der Waals surface area contributed by atoms with Gasteiger partial charge in [0.2, 0.25) is 0 Å². The van der Waals surface area contributed by atoms with Gasteiger partial charge in [0.1, 0.15) is 11.9 Å². The van der Waals surface area contributed by atoms with Crippen LogP contribution in [0.2, 0.25) is 5.02 Å². The summed E-state index contributed by atoms with van der Waals surface area (Å²) < 4.78 is 6.13. The third-order valence-corrected chi connectivity index (χ3v) is 4.83. The Morgan fingerprint density at radius 1 is 1.32 bits per heavy atom. The highest BCUT2D eigenvalue weighted by Gasteiger charge is 2.24. The van der Waals surface area contributed by atoms with Gasteiger partial charge in [0.05, 0.1) is 5.02 Å². The van der Waals surface area contributed by atoms with Gasteiger partial charge in [-0.25, -0.2) is 0 Å². The lowest BCUT2D eigenvalue weighted by Crippen LogP contribution is -2.41. The number of hydrogen-bond donors (Lipinski definition) is 1. The van der Waals surface area contributed by atoms with E-state index in [2.05, 4.69) is 23.7 Å². The number of ether oxygens (including phenoxy) is 1. The molecule has 0 aliphatic carbocycles. The van der Waals surface area contributed by atoms with Crippen molar-refractivity contribution in [1.82, 2.24) is 4.90 Å². The summed E-state index contributed by atoms with van der Waals surface area (Å²) in [7, 11) is 0. The molecule has 0 bridgehead atoms. The zero-order valence-corrected chi connectivity index (χ0v) is 13.9. The fraction of sp³-hybridized carbons (Fsp3) is 0.588. The largest absolute Gasteiger partial charge is 0.489 e. The second-order valence-corrected chi connectivity index (χ2v) is 6.75. The molecule has 1 aromatic rings. The monoisotopic (exact) mass is 322 g/mol. The van der Waals surface area contributed by atoms with E-state index < -0.39 is 6.23 Å². The van der Waals surface area contributed by atoms with Crippen molar-refractivity contribution in [1.29, 1.82) is 0 Å². The van der Waals surface area contributed by atoms with Gasteiger partial charge in [-0.2, -0.15) is 0 Å². The first-order valence-corrected chi connectivity index (χ1v) is 8.35. The quantitative estimate of drug-likeness (QED) is 0.929. The van der Waals surface area contributed by atoms with Gasteiger partial charge in [-0.1, -0.05) is 11.6 Å². The molecule has 1 atom stereocenters. The molecule has 1 N–H and O–H groups in total. The van der Waals surface area contributed by atoms with Crippen molar-refractivity contribution in [3.05, 3.63) is 28.3 Å². The Hall–Kier alpha value is -1.10. The lowest BCUT2D eigenvalue weighted by molar-refractivity contribution is 0.0842. The van der Waals surface area contributed by atoms with E-state index in [0.29, 0.717) is 17.5 Å². The standard InChI is InChI=1S/C17H23ClN2O2/c1-11(2)20-7-4-13(5-8-20)22-16-9-12-3-6-19-17(21)14(12)10-15(16)18/h6,9-11,13,17,21H,3-5,7-8H2,1-2H3. The summed E-state index contributed by atoms with van der Waals surface area (Å²) in [6.45, 7) is 6.59. The second kappa shape index (κ2) is 6.57. The molecule has 1 unspecified atom stereocenters.